The van der Waals surface area contributed by atoms with Crippen molar-refractivity contribution < 1.29 is 0 Å². The summed E-state index contributed by atoms with van der Waals surface area (Å²) in [5.41, 5.74) is 2.65. The molecule has 0 amide bonds. The van der Waals surface area contributed by atoms with Crippen molar-refractivity contribution in [3.63, 3.8) is 0 Å². The largest absolute Gasteiger partial charge is 0.0845 e. The number of thioether (sulfide) groups is 4. The van der Waals surface area contributed by atoms with Crippen LogP contribution in [0.25, 0.3) is 9.81 Å². The average Bonchev–Trinajstić information content (AvgIpc) is 3.35. The smallest absolute Gasteiger partial charge is 0.0703 e. The molecule has 4 heteroatoms. The molecule has 0 radical (unpaired) electrons. The molecule has 0 bridgehead atoms. The molecule has 0 spiro atoms. The van der Waals surface area contributed by atoms with Crippen molar-refractivity contribution in [2.45, 2.75) is 41.5 Å². The van der Waals surface area contributed by atoms with Gasteiger partial charge in [-0.05, 0) is 25.0 Å². The lowest BCUT2D eigenvalue weighted by atomic mass is 10.2. The maximum Gasteiger partial charge on any atom is 0.0703 e. The number of hydrogen-bond donors (Lipinski definition) is 0. The predicted molar refractivity (Wildman–Crippen MR) is 138 cm³/mol. The molecule has 0 unspecified atom stereocenters. The van der Waals surface area contributed by atoms with Gasteiger partial charge in [-0.2, -0.15) is 0 Å². The first kappa shape index (κ1) is 23.3. The van der Waals surface area contributed by atoms with Gasteiger partial charge in [0.2, 0.25) is 0 Å². The standard InChI is InChI=1S/C20H16S4.2C2H6/c1-13-17(15-9-5-3-6-10-15)23-19(21-13)20-22-14(2)18(24-20)16-11-7-4-8-12-16;2*1-2/h3-12H,1-2H3;2*1-2H3/b20-19+;;. The molecule has 2 aromatic carbocycles. The van der Waals surface area contributed by atoms with Crippen LogP contribution in [0.1, 0.15) is 52.7 Å². The first-order valence-electron chi connectivity index (χ1n) is 9.70. The molecule has 0 aliphatic carbocycles. The highest BCUT2D eigenvalue weighted by atomic mass is 32.2. The number of rotatable bonds is 2. The van der Waals surface area contributed by atoms with Crippen molar-refractivity contribution in [3.8, 4) is 0 Å². The molecule has 2 aliphatic heterocycles. The average molecular weight is 445 g/mol. The molecule has 2 aromatic rings. The molecular weight excluding hydrogens is 417 g/mol. The molecule has 148 valence electrons. The molecule has 0 atom stereocenters. The minimum absolute atomic E-state index is 1.32. The summed E-state index contributed by atoms with van der Waals surface area (Å²) in [6.07, 6.45) is 0. The molecule has 0 fully saturated rings. The fraction of sp³-hybridized carbons (Fsp3) is 0.250. The minimum atomic E-state index is 1.32. The van der Waals surface area contributed by atoms with Crippen LogP contribution in [0.4, 0.5) is 0 Å². The number of hydrogen-bond acceptors (Lipinski definition) is 4. The molecule has 2 heterocycles. The van der Waals surface area contributed by atoms with Crippen LogP contribution in [0.3, 0.4) is 0 Å². The van der Waals surface area contributed by atoms with E-state index in [-0.39, 0.29) is 0 Å². The van der Waals surface area contributed by atoms with Crippen molar-refractivity contribution in [2.24, 2.45) is 0 Å². The van der Waals surface area contributed by atoms with Gasteiger partial charge < -0.3 is 0 Å². The van der Waals surface area contributed by atoms with E-state index >= 15 is 0 Å². The molecule has 0 saturated carbocycles. The van der Waals surface area contributed by atoms with E-state index in [1.807, 2.05) is 74.7 Å². The van der Waals surface area contributed by atoms with E-state index in [9.17, 15) is 0 Å². The Kier molecular flexibility index (Phi) is 9.93. The molecule has 0 saturated heterocycles. The first-order valence-corrected chi connectivity index (χ1v) is 13.0. The van der Waals surface area contributed by atoms with Gasteiger partial charge in [-0.3, -0.25) is 0 Å². The zero-order valence-electron chi connectivity index (χ0n) is 17.4. The third-order valence-electron chi connectivity index (χ3n) is 3.76. The third-order valence-corrected chi connectivity index (χ3v) is 9.61. The molecule has 0 aromatic heterocycles. The van der Waals surface area contributed by atoms with Gasteiger partial charge >= 0.3 is 0 Å². The van der Waals surface area contributed by atoms with Crippen LogP contribution < -0.4 is 0 Å². The van der Waals surface area contributed by atoms with E-state index in [1.54, 1.807) is 0 Å². The summed E-state index contributed by atoms with van der Waals surface area (Å²) in [7, 11) is 0. The summed E-state index contributed by atoms with van der Waals surface area (Å²) in [5, 5.41) is 0. The normalized spacial score (nSPS) is 18.5. The van der Waals surface area contributed by atoms with E-state index in [4.69, 9.17) is 0 Å². The lowest BCUT2D eigenvalue weighted by Crippen LogP contribution is -1.77. The van der Waals surface area contributed by atoms with Crippen molar-refractivity contribution in [1.82, 2.24) is 0 Å². The number of benzene rings is 2. The molecule has 28 heavy (non-hydrogen) atoms. The van der Waals surface area contributed by atoms with Crippen molar-refractivity contribution in [2.75, 3.05) is 0 Å². The van der Waals surface area contributed by atoms with Crippen molar-refractivity contribution in [1.29, 1.82) is 0 Å². The summed E-state index contributed by atoms with van der Waals surface area (Å²) >= 11 is 7.68. The Hall–Kier alpha value is -0.940. The SMILES string of the molecule is CC.CC.CC1=C(c2ccccc2)S/C(=C2\SC(C)=C(c3ccccc3)S2)S1. The van der Waals surface area contributed by atoms with Gasteiger partial charge in [-0.15, -0.1) is 0 Å². The number of allylic oxidation sites excluding steroid dienone is 2. The Balaban J connectivity index is 0.000000660. The van der Waals surface area contributed by atoms with Crippen LogP contribution in [0, 0.1) is 0 Å². The van der Waals surface area contributed by atoms with Crippen LogP contribution in [-0.4, -0.2) is 0 Å². The maximum atomic E-state index is 2.23. The van der Waals surface area contributed by atoms with Gasteiger partial charge in [0, 0.05) is 19.6 Å². The van der Waals surface area contributed by atoms with E-state index < -0.39 is 0 Å². The van der Waals surface area contributed by atoms with E-state index in [0.717, 1.165) is 0 Å². The summed E-state index contributed by atoms with van der Waals surface area (Å²) in [6, 6.07) is 21.4. The van der Waals surface area contributed by atoms with Gasteiger partial charge in [0.25, 0.3) is 0 Å². The van der Waals surface area contributed by atoms with Crippen LogP contribution in [0.15, 0.2) is 78.9 Å². The highest BCUT2D eigenvalue weighted by Gasteiger charge is 2.28. The quantitative estimate of drug-likeness (QED) is 0.451. The molecule has 0 nitrogen and oxygen atoms in total. The van der Waals surface area contributed by atoms with Crippen LogP contribution in [0.2, 0.25) is 0 Å². The lowest BCUT2D eigenvalue weighted by Gasteiger charge is -2.04. The lowest BCUT2D eigenvalue weighted by molar-refractivity contribution is 1.50. The summed E-state index contributed by atoms with van der Waals surface area (Å²) in [6.45, 7) is 12.5. The highest BCUT2D eigenvalue weighted by molar-refractivity contribution is 8.37. The molecule has 0 N–H and O–H groups in total. The molecule has 4 rings (SSSR count). The zero-order valence-corrected chi connectivity index (χ0v) is 20.7. The second kappa shape index (κ2) is 11.9. The Bertz CT molecular complexity index is 788. The van der Waals surface area contributed by atoms with Gasteiger partial charge in [-0.1, -0.05) is 135 Å². The fourth-order valence-corrected chi connectivity index (χ4v) is 8.17. The van der Waals surface area contributed by atoms with E-state index in [0.29, 0.717) is 0 Å². The van der Waals surface area contributed by atoms with Crippen LogP contribution in [-0.2, 0) is 0 Å². The Morgan fingerprint density at radius 2 is 0.786 bits per heavy atom. The topological polar surface area (TPSA) is 0 Å². The molecular formula is C24H28S4. The fourth-order valence-electron chi connectivity index (χ4n) is 2.61. The Labute approximate surface area is 187 Å². The zero-order chi connectivity index (χ0) is 20.5. The second-order valence-corrected chi connectivity index (χ2v) is 10.5. The minimum Gasteiger partial charge on any atom is -0.0845 e. The Morgan fingerprint density at radius 1 is 0.464 bits per heavy atom. The summed E-state index contributed by atoms with van der Waals surface area (Å²) < 4.78 is 2.85. The Morgan fingerprint density at radius 3 is 1.11 bits per heavy atom. The van der Waals surface area contributed by atoms with Crippen LogP contribution >= 0.6 is 47.0 Å². The maximum absolute atomic E-state index is 2.23. The second-order valence-electron chi connectivity index (χ2n) is 5.49. The predicted octanol–water partition coefficient (Wildman–Crippen LogP) is 9.90. The molecule has 2 aliphatic rings. The van der Waals surface area contributed by atoms with E-state index in [1.165, 1.54) is 39.2 Å². The van der Waals surface area contributed by atoms with Crippen molar-refractivity contribution in [3.05, 3.63) is 90.1 Å². The van der Waals surface area contributed by atoms with Gasteiger partial charge in [0.1, 0.15) is 0 Å². The summed E-state index contributed by atoms with van der Waals surface area (Å²) in [4.78, 5) is 5.60. The van der Waals surface area contributed by atoms with Gasteiger partial charge in [0.15, 0.2) is 0 Å². The van der Waals surface area contributed by atoms with Gasteiger partial charge in [-0.25, -0.2) is 0 Å². The van der Waals surface area contributed by atoms with E-state index in [2.05, 4.69) is 74.5 Å². The van der Waals surface area contributed by atoms with Crippen LogP contribution in [0.5, 0.6) is 0 Å². The highest BCUT2D eigenvalue weighted by Crippen LogP contribution is 2.62. The monoisotopic (exact) mass is 444 g/mol. The van der Waals surface area contributed by atoms with Crippen molar-refractivity contribution >= 4 is 56.9 Å². The summed E-state index contributed by atoms with van der Waals surface area (Å²) in [5.74, 6) is 0. The first-order chi connectivity index (χ1) is 13.7. The third kappa shape index (κ3) is 5.56. The van der Waals surface area contributed by atoms with Gasteiger partial charge in [0.05, 0.1) is 8.47 Å².